The Hall–Kier alpha value is -0.820. The van der Waals surface area contributed by atoms with Crippen molar-refractivity contribution in [1.82, 2.24) is 5.32 Å². The average molecular weight is 257 g/mol. The molecule has 2 unspecified atom stereocenters. The monoisotopic (exact) mass is 257 g/mol. The minimum Gasteiger partial charge on any atom is -0.316 e. The molecule has 2 saturated carbocycles. The van der Waals surface area contributed by atoms with E-state index in [-0.39, 0.29) is 0 Å². The molecule has 2 atom stereocenters. The van der Waals surface area contributed by atoms with E-state index in [9.17, 15) is 0 Å². The predicted octanol–water partition coefficient (Wildman–Crippen LogP) is 4.45. The third kappa shape index (κ3) is 2.72. The van der Waals surface area contributed by atoms with Crippen molar-refractivity contribution in [3.05, 3.63) is 35.4 Å². The largest absolute Gasteiger partial charge is 0.316 e. The van der Waals surface area contributed by atoms with Gasteiger partial charge in [-0.25, -0.2) is 0 Å². The summed E-state index contributed by atoms with van der Waals surface area (Å²) in [5.41, 5.74) is 3.36. The molecule has 1 aromatic carbocycles. The van der Waals surface area contributed by atoms with Crippen molar-refractivity contribution in [2.24, 2.45) is 5.92 Å². The molecule has 1 N–H and O–H groups in total. The second-order valence-corrected chi connectivity index (χ2v) is 6.40. The minimum absolute atomic E-state index is 0.834. The van der Waals surface area contributed by atoms with E-state index in [0.29, 0.717) is 0 Å². The lowest BCUT2D eigenvalue weighted by Crippen LogP contribution is -2.35. The minimum atomic E-state index is 0.834. The van der Waals surface area contributed by atoms with Gasteiger partial charge in [-0.15, -0.1) is 0 Å². The summed E-state index contributed by atoms with van der Waals surface area (Å²) in [6.45, 7) is 4.64. The first-order valence-electron chi connectivity index (χ1n) is 8.19. The Morgan fingerprint density at radius 3 is 2.42 bits per heavy atom. The van der Waals surface area contributed by atoms with Gasteiger partial charge in [0.1, 0.15) is 0 Å². The number of hydrogen-bond acceptors (Lipinski definition) is 1. The Kier molecular flexibility index (Phi) is 4.22. The maximum absolute atomic E-state index is 3.61. The van der Waals surface area contributed by atoms with E-state index in [1.54, 1.807) is 11.1 Å². The average Bonchev–Trinajstić information content (AvgIpc) is 2.33. The molecule has 0 bridgehead atoms. The van der Waals surface area contributed by atoms with Crippen LogP contribution in [0.3, 0.4) is 0 Å². The van der Waals surface area contributed by atoms with Crippen molar-refractivity contribution in [2.75, 3.05) is 13.1 Å². The van der Waals surface area contributed by atoms with Crippen molar-refractivity contribution < 1.29 is 0 Å². The van der Waals surface area contributed by atoms with Gasteiger partial charge < -0.3 is 5.32 Å². The molecule has 2 fully saturated rings. The first kappa shape index (κ1) is 13.2. The summed E-state index contributed by atoms with van der Waals surface area (Å²) < 4.78 is 0. The van der Waals surface area contributed by atoms with Crippen LogP contribution in [-0.2, 0) is 0 Å². The molecule has 3 rings (SSSR count). The Bertz CT molecular complexity index is 408. The zero-order chi connectivity index (χ0) is 13.1. The van der Waals surface area contributed by atoms with Crippen LogP contribution in [0.15, 0.2) is 24.3 Å². The summed E-state index contributed by atoms with van der Waals surface area (Å²) in [5, 5.41) is 3.61. The van der Waals surface area contributed by atoms with Gasteiger partial charge in [-0.1, -0.05) is 37.6 Å². The maximum atomic E-state index is 3.61. The van der Waals surface area contributed by atoms with Gasteiger partial charge in [-0.2, -0.15) is 0 Å². The Morgan fingerprint density at radius 1 is 1.05 bits per heavy atom. The zero-order valence-corrected chi connectivity index (χ0v) is 12.2. The molecule has 104 valence electrons. The fourth-order valence-corrected chi connectivity index (χ4v) is 3.63. The maximum Gasteiger partial charge on any atom is -0.00147 e. The van der Waals surface area contributed by atoms with Crippen LogP contribution in [0.5, 0.6) is 0 Å². The molecule has 0 aromatic heterocycles. The summed E-state index contributed by atoms with van der Waals surface area (Å²) in [5.74, 6) is 2.59. The quantitative estimate of drug-likeness (QED) is 0.743. The first-order valence-corrected chi connectivity index (χ1v) is 8.19. The van der Waals surface area contributed by atoms with Crippen molar-refractivity contribution >= 4 is 0 Å². The topological polar surface area (TPSA) is 12.0 Å². The molecule has 2 aliphatic carbocycles. The molecule has 0 radical (unpaired) electrons. The van der Waals surface area contributed by atoms with E-state index in [4.69, 9.17) is 0 Å². The van der Waals surface area contributed by atoms with Crippen LogP contribution in [0.25, 0.3) is 0 Å². The summed E-state index contributed by atoms with van der Waals surface area (Å²) >= 11 is 0. The van der Waals surface area contributed by atoms with Crippen LogP contribution in [0.2, 0.25) is 0 Å². The van der Waals surface area contributed by atoms with Gasteiger partial charge in [0.15, 0.2) is 0 Å². The van der Waals surface area contributed by atoms with E-state index in [1.807, 2.05) is 0 Å². The summed E-state index contributed by atoms with van der Waals surface area (Å²) in [4.78, 5) is 0. The second kappa shape index (κ2) is 6.09. The first-order chi connectivity index (χ1) is 9.40. The SMILES string of the molecule is CCCNCC1CCC1c1ccccc1C1CCC1. The van der Waals surface area contributed by atoms with Crippen molar-refractivity contribution in [3.8, 4) is 0 Å². The van der Waals surface area contributed by atoms with E-state index in [1.165, 1.54) is 51.6 Å². The molecule has 1 aromatic rings. The molecular formula is C18H27N. The van der Waals surface area contributed by atoms with Crippen molar-refractivity contribution in [1.29, 1.82) is 0 Å². The smallest absolute Gasteiger partial charge is 0.00147 e. The Labute approximate surface area is 117 Å². The standard InChI is InChI=1S/C18H27N/c1-2-12-19-13-15-10-11-17(15)18-9-4-3-8-16(18)14-6-5-7-14/h3-4,8-9,14-15,17,19H,2,5-7,10-13H2,1H3. The van der Waals surface area contributed by atoms with Crippen LogP contribution in [0.1, 0.15) is 68.4 Å². The van der Waals surface area contributed by atoms with Crippen LogP contribution < -0.4 is 5.32 Å². The van der Waals surface area contributed by atoms with E-state index in [2.05, 4.69) is 36.5 Å². The van der Waals surface area contributed by atoms with Gasteiger partial charge in [-0.05, 0) is 74.1 Å². The van der Waals surface area contributed by atoms with Crippen LogP contribution >= 0.6 is 0 Å². The zero-order valence-electron chi connectivity index (χ0n) is 12.2. The highest BCUT2D eigenvalue weighted by Crippen LogP contribution is 2.47. The number of benzene rings is 1. The predicted molar refractivity (Wildman–Crippen MR) is 81.7 cm³/mol. The fraction of sp³-hybridized carbons (Fsp3) is 0.667. The van der Waals surface area contributed by atoms with Crippen molar-refractivity contribution in [3.63, 3.8) is 0 Å². The molecule has 0 heterocycles. The summed E-state index contributed by atoms with van der Waals surface area (Å²) in [6.07, 6.45) is 8.34. The van der Waals surface area contributed by atoms with Gasteiger partial charge in [0.25, 0.3) is 0 Å². The van der Waals surface area contributed by atoms with Crippen LogP contribution in [0, 0.1) is 5.92 Å². The lowest BCUT2D eigenvalue weighted by atomic mass is 9.66. The van der Waals surface area contributed by atoms with E-state index >= 15 is 0 Å². The van der Waals surface area contributed by atoms with Crippen LogP contribution in [-0.4, -0.2) is 13.1 Å². The Morgan fingerprint density at radius 2 is 1.84 bits per heavy atom. The molecular weight excluding hydrogens is 230 g/mol. The third-order valence-corrected chi connectivity index (χ3v) is 5.19. The summed E-state index contributed by atoms with van der Waals surface area (Å²) in [6, 6.07) is 9.28. The number of hydrogen-bond donors (Lipinski definition) is 1. The lowest BCUT2D eigenvalue weighted by molar-refractivity contribution is 0.243. The normalized spacial score (nSPS) is 26.8. The van der Waals surface area contributed by atoms with Gasteiger partial charge in [0.2, 0.25) is 0 Å². The highest BCUT2D eigenvalue weighted by Gasteiger charge is 2.34. The molecule has 2 aliphatic rings. The van der Waals surface area contributed by atoms with E-state index in [0.717, 1.165) is 17.8 Å². The van der Waals surface area contributed by atoms with E-state index < -0.39 is 0 Å². The van der Waals surface area contributed by atoms with Gasteiger partial charge in [0, 0.05) is 0 Å². The molecule has 19 heavy (non-hydrogen) atoms. The molecule has 1 heteroatoms. The van der Waals surface area contributed by atoms with Gasteiger partial charge >= 0.3 is 0 Å². The molecule has 0 amide bonds. The molecule has 1 nitrogen and oxygen atoms in total. The molecule has 0 saturated heterocycles. The van der Waals surface area contributed by atoms with Crippen molar-refractivity contribution in [2.45, 2.75) is 57.3 Å². The Balaban J connectivity index is 1.68. The fourth-order valence-electron chi connectivity index (χ4n) is 3.63. The molecule has 0 spiro atoms. The molecule has 0 aliphatic heterocycles. The third-order valence-electron chi connectivity index (χ3n) is 5.19. The number of rotatable bonds is 6. The highest BCUT2D eigenvalue weighted by atomic mass is 14.9. The van der Waals surface area contributed by atoms with Gasteiger partial charge in [0.05, 0.1) is 0 Å². The van der Waals surface area contributed by atoms with Crippen LogP contribution in [0.4, 0.5) is 0 Å². The highest BCUT2D eigenvalue weighted by molar-refractivity contribution is 5.36. The lowest BCUT2D eigenvalue weighted by Gasteiger charge is -2.40. The number of nitrogens with one attached hydrogen (secondary N) is 1. The second-order valence-electron chi connectivity index (χ2n) is 6.40. The van der Waals surface area contributed by atoms with Gasteiger partial charge in [-0.3, -0.25) is 0 Å². The summed E-state index contributed by atoms with van der Waals surface area (Å²) in [7, 11) is 0.